The fourth-order valence-electron chi connectivity index (χ4n) is 3.11. The summed E-state index contributed by atoms with van der Waals surface area (Å²) in [6, 6.07) is 6.57. The van der Waals surface area contributed by atoms with Gasteiger partial charge in [-0.05, 0) is 36.5 Å². The quantitative estimate of drug-likeness (QED) is 0.607. The molecular weight excluding hydrogens is 172 g/mol. The molecule has 2 nitrogen and oxygen atoms in total. The van der Waals surface area contributed by atoms with Crippen LogP contribution in [-0.2, 0) is 11.8 Å². The summed E-state index contributed by atoms with van der Waals surface area (Å²) >= 11 is 0. The van der Waals surface area contributed by atoms with E-state index in [-0.39, 0.29) is 0 Å². The van der Waals surface area contributed by atoms with E-state index in [0.717, 1.165) is 12.1 Å². The van der Waals surface area contributed by atoms with Crippen molar-refractivity contribution < 1.29 is 0 Å². The van der Waals surface area contributed by atoms with Gasteiger partial charge in [-0.2, -0.15) is 0 Å². The predicted molar refractivity (Wildman–Crippen MR) is 58.1 cm³/mol. The monoisotopic (exact) mass is 188 g/mol. The Morgan fingerprint density at radius 3 is 2.71 bits per heavy atom. The van der Waals surface area contributed by atoms with E-state index in [2.05, 4.69) is 12.1 Å². The number of nitrogen functional groups attached to an aromatic ring is 1. The number of fused-ring (bicyclic) bond motifs is 2. The minimum absolute atomic E-state index is 0.296. The zero-order valence-electron chi connectivity index (χ0n) is 8.29. The molecule has 0 amide bonds. The van der Waals surface area contributed by atoms with E-state index in [0.29, 0.717) is 11.5 Å². The van der Waals surface area contributed by atoms with Crippen molar-refractivity contribution in [1.29, 1.82) is 0 Å². The van der Waals surface area contributed by atoms with Gasteiger partial charge in [-0.3, -0.25) is 0 Å². The second kappa shape index (κ2) is 2.51. The highest BCUT2D eigenvalue weighted by molar-refractivity contribution is 5.58. The average molecular weight is 188 g/mol. The van der Waals surface area contributed by atoms with Gasteiger partial charge < -0.3 is 11.5 Å². The third-order valence-electron chi connectivity index (χ3n) is 4.13. The largest absolute Gasteiger partial charge is 0.398 e. The van der Waals surface area contributed by atoms with Gasteiger partial charge >= 0.3 is 0 Å². The van der Waals surface area contributed by atoms with Crippen molar-refractivity contribution in [3.8, 4) is 0 Å². The van der Waals surface area contributed by atoms with Crippen LogP contribution in [0.1, 0.15) is 30.4 Å². The van der Waals surface area contributed by atoms with Crippen LogP contribution >= 0.6 is 0 Å². The highest BCUT2D eigenvalue weighted by Gasteiger charge is 2.49. The first-order chi connectivity index (χ1) is 6.74. The second-order valence-electron chi connectivity index (χ2n) is 4.69. The maximum Gasteiger partial charge on any atom is 0.0350 e. The van der Waals surface area contributed by atoms with Crippen LogP contribution in [0.3, 0.4) is 0 Å². The average Bonchev–Trinajstić information content (AvgIpc) is 2.38. The van der Waals surface area contributed by atoms with E-state index in [1.54, 1.807) is 0 Å². The van der Waals surface area contributed by atoms with Crippen molar-refractivity contribution in [1.82, 2.24) is 0 Å². The third-order valence-corrected chi connectivity index (χ3v) is 4.13. The maximum absolute atomic E-state index is 6.24. The molecule has 1 unspecified atom stereocenters. The van der Waals surface area contributed by atoms with Crippen molar-refractivity contribution in [3.05, 3.63) is 29.3 Å². The first-order valence-electron chi connectivity index (χ1n) is 5.37. The molecule has 1 atom stereocenters. The van der Waals surface area contributed by atoms with Gasteiger partial charge in [0.25, 0.3) is 0 Å². The van der Waals surface area contributed by atoms with Crippen LogP contribution in [-0.4, -0.2) is 6.04 Å². The number of nitrogens with two attached hydrogens (primary N) is 2. The van der Waals surface area contributed by atoms with Gasteiger partial charge in [0.05, 0.1) is 0 Å². The van der Waals surface area contributed by atoms with Crippen molar-refractivity contribution in [2.45, 2.75) is 37.1 Å². The lowest BCUT2D eigenvalue weighted by Gasteiger charge is -2.43. The SMILES string of the molecule is Nc1cccc2c1CC(N)C21CCC1. The van der Waals surface area contributed by atoms with Crippen molar-refractivity contribution >= 4 is 5.69 Å². The molecule has 2 aliphatic rings. The van der Waals surface area contributed by atoms with Crippen LogP contribution in [0.25, 0.3) is 0 Å². The molecule has 0 radical (unpaired) electrons. The number of rotatable bonds is 0. The molecule has 0 aromatic heterocycles. The van der Waals surface area contributed by atoms with E-state index in [4.69, 9.17) is 11.5 Å². The van der Waals surface area contributed by atoms with Gasteiger partial charge in [-0.1, -0.05) is 18.6 Å². The fourth-order valence-corrected chi connectivity index (χ4v) is 3.11. The number of hydrogen-bond acceptors (Lipinski definition) is 2. The fraction of sp³-hybridized carbons (Fsp3) is 0.500. The molecule has 0 heterocycles. The molecule has 0 aliphatic heterocycles. The van der Waals surface area contributed by atoms with E-state index in [1.165, 1.54) is 30.4 Å². The van der Waals surface area contributed by atoms with Crippen LogP contribution in [0.2, 0.25) is 0 Å². The Morgan fingerprint density at radius 1 is 1.29 bits per heavy atom. The van der Waals surface area contributed by atoms with E-state index >= 15 is 0 Å². The topological polar surface area (TPSA) is 52.0 Å². The minimum atomic E-state index is 0.296. The molecule has 2 aliphatic carbocycles. The number of hydrogen-bond donors (Lipinski definition) is 2. The summed E-state index contributed by atoms with van der Waals surface area (Å²) in [5.74, 6) is 0. The lowest BCUT2D eigenvalue weighted by molar-refractivity contribution is 0.213. The normalized spacial score (nSPS) is 27.4. The Labute approximate surface area is 84.3 Å². The molecule has 1 aromatic carbocycles. The lowest BCUT2D eigenvalue weighted by atomic mass is 9.63. The molecule has 0 saturated heterocycles. The van der Waals surface area contributed by atoms with Crippen LogP contribution in [0.15, 0.2) is 18.2 Å². The summed E-state index contributed by atoms with van der Waals surface area (Å²) < 4.78 is 0. The lowest BCUT2D eigenvalue weighted by Crippen LogP contribution is -2.47. The van der Waals surface area contributed by atoms with Gasteiger partial charge in [0, 0.05) is 17.1 Å². The Morgan fingerprint density at radius 2 is 2.07 bits per heavy atom. The summed E-state index contributed by atoms with van der Waals surface area (Å²) in [6.45, 7) is 0. The molecule has 4 N–H and O–H groups in total. The summed E-state index contributed by atoms with van der Waals surface area (Å²) in [5.41, 5.74) is 16.2. The van der Waals surface area contributed by atoms with Gasteiger partial charge in [0.2, 0.25) is 0 Å². The molecule has 1 fully saturated rings. The summed E-state index contributed by atoms with van der Waals surface area (Å²) in [4.78, 5) is 0. The van der Waals surface area contributed by atoms with Gasteiger partial charge in [0.1, 0.15) is 0 Å². The van der Waals surface area contributed by atoms with Crippen molar-refractivity contribution in [2.24, 2.45) is 5.73 Å². The molecule has 2 heteroatoms. The Balaban J connectivity index is 2.18. The number of anilines is 1. The molecular formula is C12H16N2. The smallest absolute Gasteiger partial charge is 0.0350 e. The highest BCUT2D eigenvalue weighted by atomic mass is 14.8. The van der Waals surface area contributed by atoms with E-state index < -0.39 is 0 Å². The summed E-state index contributed by atoms with van der Waals surface area (Å²) in [5, 5.41) is 0. The van der Waals surface area contributed by atoms with Gasteiger partial charge in [0.15, 0.2) is 0 Å². The highest BCUT2D eigenvalue weighted by Crippen LogP contribution is 2.52. The first-order valence-corrected chi connectivity index (χ1v) is 5.37. The van der Waals surface area contributed by atoms with Crippen LogP contribution in [0.4, 0.5) is 5.69 Å². The molecule has 14 heavy (non-hydrogen) atoms. The van der Waals surface area contributed by atoms with Crippen molar-refractivity contribution in [2.75, 3.05) is 5.73 Å². The molecule has 0 bridgehead atoms. The molecule has 1 saturated carbocycles. The Hall–Kier alpha value is -1.02. The van der Waals surface area contributed by atoms with Crippen LogP contribution in [0, 0.1) is 0 Å². The molecule has 1 aromatic rings. The summed E-state index contributed by atoms with van der Waals surface area (Å²) in [6.07, 6.45) is 4.80. The zero-order chi connectivity index (χ0) is 9.76. The third kappa shape index (κ3) is 0.800. The Kier molecular flexibility index (Phi) is 1.49. The zero-order valence-corrected chi connectivity index (χ0v) is 8.29. The first kappa shape index (κ1) is 8.30. The molecule has 3 rings (SSSR count). The molecule has 74 valence electrons. The van der Waals surface area contributed by atoms with Crippen molar-refractivity contribution in [3.63, 3.8) is 0 Å². The van der Waals surface area contributed by atoms with Gasteiger partial charge in [-0.25, -0.2) is 0 Å². The Bertz CT molecular complexity index is 380. The minimum Gasteiger partial charge on any atom is -0.398 e. The van der Waals surface area contributed by atoms with Crippen LogP contribution < -0.4 is 11.5 Å². The van der Waals surface area contributed by atoms with Crippen LogP contribution in [0.5, 0.6) is 0 Å². The van der Waals surface area contributed by atoms with E-state index in [9.17, 15) is 0 Å². The maximum atomic E-state index is 6.24. The summed E-state index contributed by atoms with van der Waals surface area (Å²) in [7, 11) is 0. The second-order valence-corrected chi connectivity index (χ2v) is 4.69. The standard InChI is InChI=1S/C12H16N2/c13-10-4-1-3-9-8(10)7-11(14)12(9)5-2-6-12/h1,3-4,11H,2,5-7,13-14H2. The predicted octanol–water partition coefficient (Wildman–Crippen LogP) is 1.57. The van der Waals surface area contributed by atoms with Gasteiger partial charge in [-0.15, -0.1) is 0 Å². The number of benzene rings is 1. The van der Waals surface area contributed by atoms with E-state index in [1.807, 2.05) is 6.07 Å². The molecule has 1 spiro atoms.